The van der Waals surface area contributed by atoms with Crippen molar-refractivity contribution in [3.8, 4) is 28.3 Å². The number of benzene rings is 2. The molecule has 0 aliphatic carbocycles. The molecule has 13 heteroatoms. The van der Waals surface area contributed by atoms with E-state index >= 15 is 0 Å². The maximum atomic E-state index is 14.3. The number of rotatable bonds is 11. The molecule has 2 aliphatic heterocycles. The molecule has 240 valence electrons. The van der Waals surface area contributed by atoms with Crippen LogP contribution in [0.1, 0.15) is 11.1 Å². The number of nitrogens with zero attached hydrogens (tertiary/aromatic N) is 3. The summed E-state index contributed by atoms with van der Waals surface area (Å²) in [5.74, 6) is -0.558. The van der Waals surface area contributed by atoms with Crippen molar-refractivity contribution in [2.75, 3.05) is 46.0 Å². The molecule has 2 N–H and O–H groups in total. The van der Waals surface area contributed by atoms with E-state index < -0.39 is 30.1 Å². The van der Waals surface area contributed by atoms with E-state index in [2.05, 4.69) is 45.6 Å². The van der Waals surface area contributed by atoms with Gasteiger partial charge < -0.3 is 29.7 Å². The van der Waals surface area contributed by atoms with Gasteiger partial charge in [0.05, 0.1) is 31.0 Å². The molecule has 0 saturated carbocycles. The van der Waals surface area contributed by atoms with Crippen LogP contribution in [0, 0.1) is 5.82 Å². The molecule has 0 bridgehead atoms. The minimum atomic E-state index is -1.47. The molecule has 2 amide bonds. The van der Waals surface area contributed by atoms with Crippen LogP contribution in [0.2, 0.25) is 0 Å². The number of alkyl halides is 1. The number of hydrogen-bond donors (Lipinski definition) is 2. The number of carbonyl (C=O) groups excluding carboxylic acids is 2. The molecular formula is C33H33F2N5O5S. The van der Waals surface area contributed by atoms with E-state index in [9.17, 15) is 18.4 Å². The molecule has 46 heavy (non-hydrogen) atoms. The summed E-state index contributed by atoms with van der Waals surface area (Å²) in [6.45, 7) is 5.53. The number of aromatic nitrogens is 2. The molecule has 0 unspecified atom stereocenters. The van der Waals surface area contributed by atoms with Crippen molar-refractivity contribution in [2.45, 2.75) is 25.2 Å². The second-order valence-electron chi connectivity index (χ2n) is 10.9. The summed E-state index contributed by atoms with van der Waals surface area (Å²) in [6.07, 6.45) is -1.26. The van der Waals surface area contributed by atoms with E-state index in [-0.39, 0.29) is 39.5 Å². The van der Waals surface area contributed by atoms with Gasteiger partial charge in [-0.15, -0.1) is 21.5 Å². The number of thiophene rings is 1. The van der Waals surface area contributed by atoms with Gasteiger partial charge in [0, 0.05) is 35.7 Å². The van der Waals surface area contributed by atoms with Gasteiger partial charge in [-0.05, 0) is 59.8 Å². The number of alkyl carbamates (subject to hydrolysis) is 1. The average molecular weight is 650 g/mol. The van der Waals surface area contributed by atoms with E-state index in [1.165, 1.54) is 39.5 Å². The lowest BCUT2D eigenvalue weighted by Gasteiger charge is -2.18. The second-order valence-corrected chi connectivity index (χ2v) is 11.8. The molecule has 6 rings (SSSR count). The molecule has 4 heterocycles. The Balaban J connectivity index is 1.03. The van der Waals surface area contributed by atoms with Gasteiger partial charge in [-0.25, -0.2) is 13.6 Å². The maximum absolute atomic E-state index is 14.3. The number of nitrogens with one attached hydrogen (secondary N) is 2. The summed E-state index contributed by atoms with van der Waals surface area (Å²) in [6, 6.07) is 12.7. The number of likely N-dealkylation sites (tertiary alicyclic amines) is 1. The normalized spacial score (nSPS) is 17.5. The second kappa shape index (κ2) is 14.3. The lowest BCUT2D eigenvalue weighted by atomic mass is 9.96. The van der Waals surface area contributed by atoms with E-state index in [1.54, 1.807) is 6.07 Å². The van der Waals surface area contributed by atoms with Crippen LogP contribution in [0.15, 0.2) is 60.5 Å². The minimum Gasteiger partial charge on any atom is -0.490 e. The zero-order valence-electron chi connectivity index (χ0n) is 25.0. The zero-order chi connectivity index (χ0) is 32.0. The summed E-state index contributed by atoms with van der Waals surface area (Å²) in [7, 11) is 0. The first kappa shape index (κ1) is 31.5. The molecule has 4 aromatic rings. The van der Waals surface area contributed by atoms with Gasteiger partial charge in [-0.2, -0.15) is 0 Å². The first-order valence-corrected chi connectivity index (χ1v) is 15.9. The van der Waals surface area contributed by atoms with Crippen LogP contribution in [0.4, 0.5) is 13.6 Å². The molecule has 2 aromatic carbocycles. The maximum Gasteiger partial charge on any atom is 0.407 e. The summed E-state index contributed by atoms with van der Waals surface area (Å²) < 4.78 is 45.9. The summed E-state index contributed by atoms with van der Waals surface area (Å²) in [5, 5.41) is 18.0. The van der Waals surface area contributed by atoms with Crippen molar-refractivity contribution in [3.05, 3.63) is 77.4 Å². The van der Waals surface area contributed by atoms with Gasteiger partial charge in [0.25, 0.3) is 0 Å². The molecule has 2 aromatic heterocycles. The van der Waals surface area contributed by atoms with Gasteiger partial charge in [-0.3, -0.25) is 4.79 Å². The van der Waals surface area contributed by atoms with Crippen molar-refractivity contribution in [1.29, 1.82) is 0 Å². The van der Waals surface area contributed by atoms with Gasteiger partial charge in [0.1, 0.15) is 29.6 Å². The van der Waals surface area contributed by atoms with Crippen LogP contribution in [-0.2, 0) is 27.2 Å². The first-order valence-electron chi connectivity index (χ1n) is 15.0. The molecule has 2 atom stereocenters. The van der Waals surface area contributed by atoms with Crippen LogP contribution in [-0.4, -0.2) is 85.4 Å². The summed E-state index contributed by atoms with van der Waals surface area (Å²) in [4.78, 5) is 24.9. The fourth-order valence-corrected chi connectivity index (χ4v) is 6.47. The Morgan fingerprint density at radius 2 is 1.96 bits per heavy atom. The number of halogens is 2. The Kier molecular flexibility index (Phi) is 9.81. The average Bonchev–Trinajstić information content (AvgIpc) is 3.70. The highest BCUT2D eigenvalue weighted by atomic mass is 32.1. The summed E-state index contributed by atoms with van der Waals surface area (Å²) >= 11 is 1.54. The first-order chi connectivity index (χ1) is 22.4. The number of fused-ring (bicyclic) bond motifs is 2. The van der Waals surface area contributed by atoms with Crippen LogP contribution in [0.3, 0.4) is 0 Å². The molecular weight excluding hydrogens is 616 g/mol. The number of ether oxygens (including phenoxy) is 3. The van der Waals surface area contributed by atoms with Crippen molar-refractivity contribution in [1.82, 2.24) is 25.7 Å². The largest absolute Gasteiger partial charge is 0.490 e. The van der Waals surface area contributed by atoms with Crippen LogP contribution in [0.25, 0.3) is 32.6 Å². The van der Waals surface area contributed by atoms with E-state index in [1.807, 2.05) is 11.4 Å². The Labute approximate surface area is 268 Å². The van der Waals surface area contributed by atoms with E-state index in [0.717, 1.165) is 46.9 Å². The third kappa shape index (κ3) is 7.01. The van der Waals surface area contributed by atoms with E-state index in [4.69, 9.17) is 14.2 Å². The molecule has 1 fully saturated rings. The number of amides is 2. The molecule has 0 spiro atoms. The minimum absolute atomic E-state index is 0.0319. The van der Waals surface area contributed by atoms with Gasteiger partial charge in [0.2, 0.25) is 5.91 Å². The fourth-order valence-electron chi connectivity index (χ4n) is 5.57. The Bertz CT molecular complexity index is 1750. The van der Waals surface area contributed by atoms with Crippen molar-refractivity contribution >= 4 is 33.4 Å². The fraction of sp³-hybridized carbons (Fsp3) is 0.333. The molecule has 1 saturated heterocycles. The van der Waals surface area contributed by atoms with Gasteiger partial charge in [0.15, 0.2) is 12.3 Å². The zero-order valence-corrected chi connectivity index (χ0v) is 25.8. The highest BCUT2D eigenvalue weighted by Gasteiger charge is 2.37. The highest BCUT2D eigenvalue weighted by molar-refractivity contribution is 7.17. The van der Waals surface area contributed by atoms with Crippen LogP contribution >= 0.6 is 11.3 Å². The van der Waals surface area contributed by atoms with E-state index in [0.29, 0.717) is 17.0 Å². The van der Waals surface area contributed by atoms with Gasteiger partial charge in [-0.1, -0.05) is 18.7 Å². The Hall–Kier alpha value is -4.46. The number of hydrogen-bond acceptors (Lipinski definition) is 9. The highest BCUT2D eigenvalue weighted by Crippen LogP contribution is 2.39. The third-order valence-corrected chi connectivity index (χ3v) is 8.82. The van der Waals surface area contributed by atoms with Crippen molar-refractivity contribution in [3.63, 3.8) is 0 Å². The quantitative estimate of drug-likeness (QED) is 0.178. The Morgan fingerprint density at radius 1 is 1.09 bits per heavy atom. The standard InChI is InChI=1S/C33H33F2N5O5S/c1-2-29(41)40-18-26(35)28(19-40)45-33(42)37-10-11-43-12-13-44-27-16-23(34)5-6-24(27)31-32-25(8-14-46-32)30(38-39-31)21-3-4-22-17-36-9-7-20(22)15-21/h2-6,8,14-16,26,28,36H,1,7,9-13,17-19H2,(H,37,42)/t26-,28-/m1/s1. The summed E-state index contributed by atoms with van der Waals surface area (Å²) in [5.41, 5.74) is 5.63. The predicted octanol–water partition coefficient (Wildman–Crippen LogP) is 4.67. The lowest BCUT2D eigenvalue weighted by molar-refractivity contribution is -0.125. The lowest BCUT2D eigenvalue weighted by Crippen LogP contribution is -2.35. The molecule has 10 nitrogen and oxygen atoms in total. The predicted molar refractivity (Wildman–Crippen MR) is 170 cm³/mol. The van der Waals surface area contributed by atoms with Crippen molar-refractivity contribution < 1.29 is 32.6 Å². The third-order valence-electron chi connectivity index (χ3n) is 7.89. The van der Waals surface area contributed by atoms with Crippen LogP contribution in [0.5, 0.6) is 5.75 Å². The van der Waals surface area contributed by atoms with Crippen LogP contribution < -0.4 is 15.4 Å². The monoisotopic (exact) mass is 649 g/mol. The van der Waals surface area contributed by atoms with Gasteiger partial charge >= 0.3 is 6.09 Å². The molecule has 2 aliphatic rings. The smallest absolute Gasteiger partial charge is 0.407 e. The van der Waals surface area contributed by atoms with Crippen molar-refractivity contribution in [2.24, 2.45) is 0 Å². The molecule has 0 radical (unpaired) electrons. The topological polar surface area (TPSA) is 115 Å². The Morgan fingerprint density at radius 3 is 2.83 bits per heavy atom. The number of carbonyl (C=O) groups is 2. The SMILES string of the molecule is C=CC(=O)N1C[C@@H](F)[C@H](OC(=O)NCCOCCOc2cc(F)ccc2-c2nnc(-c3ccc4c(c3)CCNC4)c3ccsc23)C1.